The highest BCUT2D eigenvalue weighted by Gasteiger charge is 2.16. The molecule has 0 aliphatic heterocycles. The molecule has 3 aromatic rings. The SMILES string of the molecule is C[C@H](NC(=O)CCc1nc(-c2ncn[nH]2)no1)c1ccc2c(c1)CCCC2. The van der Waals surface area contributed by atoms with Gasteiger partial charge in [-0.25, -0.2) is 4.98 Å². The van der Waals surface area contributed by atoms with Gasteiger partial charge in [-0.3, -0.25) is 9.89 Å². The van der Waals surface area contributed by atoms with Gasteiger partial charge in [0.15, 0.2) is 5.82 Å². The second kappa shape index (κ2) is 7.69. The molecular weight excluding hydrogens is 344 g/mol. The molecule has 0 unspecified atom stereocenters. The minimum Gasteiger partial charge on any atom is -0.350 e. The molecule has 0 bridgehead atoms. The lowest BCUT2D eigenvalue weighted by Gasteiger charge is -2.20. The molecule has 140 valence electrons. The van der Waals surface area contributed by atoms with E-state index in [9.17, 15) is 4.79 Å². The van der Waals surface area contributed by atoms with Gasteiger partial charge in [0.2, 0.25) is 17.6 Å². The van der Waals surface area contributed by atoms with Crippen molar-refractivity contribution in [1.29, 1.82) is 0 Å². The van der Waals surface area contributed by atoms with Crippen LogP contribution in [0, 0.1) is 0 Å². The van der Waals surface area contributed by atoms with E-state index in [2.05, 4.69) is 48.8 Å². The number of aromatic nitrogens is 5. The van der Waals surface area contributed by atoms with E-state index >= 15 is 0 Å². The van der Waals surface area contributed by atoms with Crippen molar-refractivity contribution >= 4 is 5.91 Å². The summed E-state index contributed by atoms with van der Waals surface area (Å²) in [6.45, 7) is 2.01. The standard InChI is InChI=1S/C19H22N6O2/c1-12(14-7-6-13-4-2-3-5-15(13)10-14)22-16(26)8-9-17-23-19(25-27-17)18-20-11-21-24-18/h6-7,10-12H,2-5,8-9H2,1H3,(H,22,26)(H,20,21,24)/t12-/m0/s1. The number of aromatic amines is 1. The molecular formula is C19H22N6O2. The number of carbonyl (C=O) groups excluding carboxylic acids is 1. The lowest BCUT2D eigenvalue weighted by atomic mass is 9.89. The van der Waals surface area contributed by atoms with Gasteiger partial charge in [-0.15, -0.1) is 0 Å². The van der Waals surface area contributed by atoms with Crippen LogP contribution in [-0.4, -0.2) is 31.2 Å². The Hall–Kier alpha value is -3.03. The summed E-state index contributed by atoms with van der Waals surface area (Å²) in [5.74, 6) is 1.14. The van der Waals surface area contributed by atoms with Crippen molar-refractivity contribution < 1.29 is 9.32 Å². The molecule has 8 heteroatoms. The van der Waals surface area contributed by atoms with Crippen molar-refractivity contribution in [3.8, 4) is 11.6 Å². The second-order valence-corrected chi connectivity index (χ2v) is 6.87. The number of aryl methyl sites for hydroxylation is 3. The maximum absolute atomic E-state index is 12.3. The first-order valence-electron chi connectivity index (χ1n) is 9.28. The zero-order chi connectivity index (χ0) is 18.6. The summed E-state index contributed by atoms with van der Waals surface area (Å²) in [4.78, 5) is 20.5. The van der Waals surface area contributed by atoms with E-state index in [1.54, 1.807) is 0 Å². The van der Waals surface area contributed by atoms with Crippen LogP contribution in [0.1, 0.15) is 54.8 Å². The Morgan fingerprint density at radius 1 is 1.30 bits per heavy atom. The minimum atomic E-state index is -0.0420. The van der Waals surface area contributed by atoms with Gasteiger partial charge in [0.1, 0.15) is 6.33 Å². The van der Waals surface area contributed by atoms with Gasteiger partial charge in [-0.1, -0.05) is 23.4 Å². The monoisotopic (exact) mass is 366 g/mol. The summed E-state index contributed by atoms with van der Waals surface area (Å²) in [5, 5.41) is 13.3. The summed E-state index contributed by atoms with van der Waals surface area (Å²) in [6.07, 6.45) is 6.85. The quantitative estimate of drug-likeness (QED) is 0.694. The highest BCUT2D eigenvalue weighted by atomic mass is 16.5. The lowest BCUT2D eigenvalue weighted by molar-refractivity contribution is -0.121. The van der Waals surface area contributed by atoms with Gasteiger partial charge in [-0.05, 0) is 49.3 Å². The Labute approximate surface area is 156 Å². The smallest absolute Gasteiger partial charge is 0.239 e. The number of carbonyl (C=O) groups is 1. The first-order chi connectivity index (χ1) is 13.2. The molecule has 0 saturated carbocycles. The van der Waals surface area contributed by atoms with E-state index in [0.717, 1.165) is 18.4 Å². The highest BCUT2D eigenvalue weighted by molar-refractivity contribution is 5.76. The van der Waals surface area contributed by atoms with Crippen LogP contribution in [0.4, 0.5) is 0 Å². The third kappa shape index (κ3) is 4.05. The van der Waals surface area contributed by atoms with Crippen LogP contribution in [0.2, 0.25) is 0 Å². The van der Waals surface area contributed by atoms with Gasteiger partial charge in [0, 0.05) is 12.8 Å². The van der Waals surface area contributed by atoms with E-state index in [1.165, 1.54) is 30.3 Å². The molecule has 1 atom stereocenters. The molecule has 4 rings (SSSR count). The minimum absolute atomic E-state index is 0.0304. The van der Waals surface area contributed by atoms with Crippen molar-refractivity contribution in [2.45, 2.75) is 51.5 Å². The molecule has 2 N–H and O–H groups in total. The molecule has 1 amide bonds. The number of amides is 1. The molecule has 0 fully saturated rings. The average molecular weight is 366 g/mol. The van der Waals surface area contributed by atoms with Gasteiger partial charge in [0.05, 0.1) is 6.04 Å². The Morgan fingerprint density at radius 3 is 2.96 bits per heavy atom. The van der Waals surface area contributed by atoms with Crippen LogP contribution in [0.15, 0.2) is 29.0 Å². The van der Waals surface area contributed by atoms with Crippen molar-refractivity contribution in [1.82, 2.24) is 30.6 Å². The van der Waals surface area contributed by atoms with Crippen LogP contribution in [0.5, 0.6) is 0 Å². The first-order valence-corrected chi connectivity index (χ1v) is 9.28. The van der Waals surface area contributed by atoms with Gasteiger partial charge < -0.3 is 9.84 Å². The maximum Gasteiger partial charge on any atom is 0.239 e. The van der Waals surface area contributed by atoms with Crippen molar-refractivity contribution in [2.24, 2.45) is 0 Å². The van der Waals surface area contributed by atoms with E-state index in [-0.39, 0.29) is 18.4 Å². The normalized spacial score (nSPS) is 14.6. The Kier molecular flexibility index (Phi) is 4.95. The summed E-state index contributed by atoms with van der Waals surface area (Å²) >= 11 is 0. The van der Waals surface area contributed by atoms with E-state index < -0.39 is 0 Å². The van der Waals surface area contributed by atoms with Crippen molar-refractivity contribution in [2.75, 3.05) is 0 Å². The van der Waals surface area contributed by atoms with Crippen LogP contribution in [0.3, 0.4) is 0 Å². The molecule has 0 radical (unpaired) electrons. The predicted octanol–water partition coefficient (Wildman–Crippen LogP) is 2.54. The van der Waals surface area contributed by atoms with Crippen molar-refractivity contribution in [3.63, 3.8) is 0 Å². The number of fused-ring (bicyclic) bond motifs is 1. The van der Waals surface area contributed by atoms with E-state index in [0.29, 0.717) is 24.0 Å². The third-order valence-electron chi connectivity index (χ3n) is 4.91. The molecule has 27 heavy (non-hydrogen) atoms. The van der Waals surface area contributed by atoms with Crippen LogP contribution in [0.25, 0.3) is 11.6 Å². The number of hydrogen-bond donors (Lipinski definition) is 2. The molecule has 0 saturated heterocycles. The summed E-state index contributed by atoms with van der Waals surface area (Å²) < 4.78 is 5.16. The zero-order valence-corrected chi connectivity index (χ0v) is 15.2. The summed E-state index contributed by atoms with van der Waals surface area (Å²) in [7, 11) is 0. The largest absolute Gasteiger partial charge is 0.350 e. The fourth-order valence-corrected chi connectivity index (χ4v) is 3.41. The fraction of sp³-hybridized carbons (Fsp3) is 0.421. The lowest BCUT2D eigenvalue weighted by Crippen LogP contribution is -2.27. The average Bonchev–Trinajstić information content (AvgIpc) is 3.37. The molecule has 1 aliphatic carbocycles. The number of hydrogen-bond acceptors (Lipinski definition) is 6. The Morgan fingerprint density at radius 2 is 2.15 bits per heavy atom. The van der Waals surface area contributed by atoms with Gasteiger partial charge >= 0.3 is 0 Å². The fourth-order valence-electron chi connectivity index (χ4n) is 3.41. The molecule has 1 aromatic carbocycles. The number of nitrogens with zero attached hydrogens (tertiary/aromatic N) is 4. The van der Waals surface area contributed by atoms with Crippen LogP contribution >= 0.6 is 0 Å². The van der Waals surface area contributed by atoms with E-state index in [4.69, 9.17) is 4.52 Å². The predicted molar refractivity (Wildman–Crippen MR) is 97.6 cm³/mol. The molecule has 8 nitrogen and oxygen atoms in total. The molecule has 1 aliphatic rings. The molecule has 0 spiro atoms. The number of H-pyrrole nitrogens is 1. The number of benzene rings is 1. The van der Waals surface area contributed by atoms with E-state index in [1.807, 2.05) is 6.92 Å². The Balaban J connectivity index is 1.31. The topological polar surface area (TPSA) is 110 Å². The Bertz CT molecular complexity index is 918. The third-order valence-corrected chi connectivity index (χ3v) is 4.91. The first kappa shape index (κ1) is 17.4. The molecule has 2 aromatic heterocycles. The maximum atomic E-state index is 12.3. The zero-order valence-electron chi connectivity index (χ0n) is 15.2. The van der Waals surface area contributed by atoms with Crippen LogP contribution in [-0.2, 0) is 24.1 Å². The summed E-state index contributed by atoms with van der Waals surface area (Å²) in [5.41, 5.74) is 4.02. The number of nitrogens with one attached hydrogen (secondary N) is 2. The second-order valence-electron chi connectivity index (χ2n) is 6.87. The van der Waals surface area contributed by atoms with Crippen LogP contribution < -0.4 is 5.32 Å². The highest BCUT2D eigenvalue weighted by Crippen LogP contribution is 2.24. The molecule has 2 heterocycles. The van der Waals surface area contributed by atoms with Gasteiger partial charge in [-0.2, -0.15) is 10.1 Å². The summed E-state index contributed by atoms with van der Waals surface area (Å²) in [6, 6.07) is 6.53. The van der Waals surface area contributed by atoms with Gasteiger partial charge in [0.25, 0.3) is 0 Å². The number of rotatable bonds is 6. The van der Waals surface area contributed by atoms with Crippen molar-refractivity contribution in [3.05, 3.63) is 47.1 Å².